The average molecular weight is 292 g/mol. The molecule has 0 spiro atoms. The molecule has 1 amide bonds. The van der Waals surface area contributed by atoms with Crippen LogP contribution in [0.3, 0.4) is 0 Å². The van der Waals surface area contributed by atoms with Gasteiger partial charge in [0, 0.05) is 35.0 Å². The molecule has 0 bridgehead atoms. The minimum Gasteiger partial charge on any atom is -0.356 e. The first kappa shape index (κ1) is 12.5. The molecule has 1 fully saturated rings. The summed E-state index contributed by atoms with van der Waals surface area (Å²) in [5, 5.41) is 1.35. The third kappa shape index (κ3) is 1.54. The van der Waals surface area contributed by atoms with E-state index in [1.807, 2.05) is 0 Å². The van der Waals surface area contributed by atoms with Crippen LogP contribution in [-0.4, -0.2) is 22.3 Å². The molecule has 3 nitrogen and oxygen atoms in total. The van der Waals surface area contributed by atoms with E-state index in [4.69, 9.17) is 0 Å². The standard InChI is InChI=1S/C19H20N2O/c22-19-15-8-2-1-7-14(15)18-17-13(9-5-11-21(18)19)12-6-3-4-10-16(12)20-17/h1-4,6,10,14-15,18,20H,5,7-9,11H2. The van der Waals surface area contributed by atoms with Crippen LogP contribution in [0.2, 0.25) is 0 Å². The van der Waals surface area contributed by atoms with Crippen molar-refractivity contribution in [1.82, 2.24) is 9.88 Å². The number of aromatic nitrogens is 1. The number of para-hydroxylation sites is 1. The number of fused-ring (bicyclic) bond motifs is 7. The summed E-state index contributed by atoms with van der Waals surface area (Å²) in [6.45, 7) is 0.910. The van der Waals surface area contributed by atoms with Crippen molar-refractivity contribution in [1.29, 1.82) is 0 Å². The quantitative estimate of drug-likeness (QED) is 0.740. The van der Waals surface area contributed by atoms with Crippen LogP contribution in [0.25, 0.3) is 10.9 Å². The number of hydrogen-bond donors (Lipinski definition) is 1. The monoisotopic (exact) mass is 292 g/mol. The van der Waals surface area contributed by atoms with Gasteiger partial charge in [-0.15, -0.1) is 0 Å². The third-order valence-electron chi connectivity index (χ3n) is 5.79. The van der Waals surface area contributed by atoms with Crippen molar-refractivity contribution >= 4 is 16.8 Å². The summed E-state index contributed by atoms with van der Waals surface area (Å²) in [7, 11) is 0. The molecule has 1 saturated heterocycles. The zero-order valence-corrected chi connectivity index (χ0v) is 12.6. The van der Waals surface area contributed by atoms with E-state index in [1.54, 1.807) is 0 Å². The number of aryl methyl sites for hydroxylation is 1. The maximum Gasteiger partial charge on any atom is 0.226 e. The van der Waals surface area contributed by atoms with Gasteiger partial charge in [-0.3, -0.25) is 4.79 Å². The lowest BCUT2D eigenvalue weighted by molar-refractivity contribution is -0.132. The second kappa shape index (κ2) is 4.48. The van der Waals surface area contributed by atoms with E-state index < -0.39 is 0 Å². The minimum absolute atomic E-state index is 0.201. The molecule has 2 aliphatic heterocycles. The lowest BCUT2D eigenvalue weighted by atomic mass is 9.80. The fraction of sp³-hybridized carbons (Fsp3) is 0.421. The van der Waals surface area contributed by atoms with Crippen LogP contribution in [0.15, 0.2) is 36.4 Å². The number of carbonyl (C=O) groups is 1. The highest BCUT2D eigenvalue weighted by Crippen LogP contribution is 2.49. The smallest absolute Gasteiger partial charge is 0.226 e. The summed E-state index contributed by atoms with van der Waals surface area (Å²) in [5.74, 6) is 1.03. The summed E-state index contributed by atoms with van der Waals surface area (Å²) in [6.07, 6.45) is 8.57. The number of benzene rings is 1. The van der Waals surface area contributed by atoms with Gasteiger partial charge in [0.15, 0.2) is 0 Å². The minimum atomic E-state index is 0.201. The predicted octanol–water partition coefficient (Wildman–Crippen LogP) is 3.58. The molecule has 2 aromatic rings. The van der Waals surface area contributed by atoms with E-state index in [0.717, 1.165) is 32.2 Å². The molecule has 1 aromatic heterocycles. The van der Waals surface area contributed by atoms with Crippen molar-refractivity contribution in [2.45, 2.75) is 31.7 Å². The molecule has 112 valence electrons. The van der Waals surface area contributed by atoms with E-state index in [9.17, 15) is 4.79 Å². The molecule has 3 unspecified atom stereocenters. The Morgan fingerprint density at radius 2 is 2.00 bits per heavy atom. The normalized spacial score (nSPS) is 30.1. The lowest BCUT2D eigenvalue weighted by Gasteiger charge is -2.27. The second-order valence-electron chi connectivity index (χ2n) is 6.86. The first-order chi connectivity index (χ1) is 10.8. The van der Waals surface area contributed by atoms with Crippen LogP contribution >= 0.6 is 0 Å². The predicted molar refractivity (Wildman–Crippen MR) is 86.4 cm³/mol. The fourth-order valence-electron chi connectivity index (χ4n) is 4.84. The van der Waals surface area contributed by atoms with E-state index in [0.29, 0.717) is 11.8 Å². The van der Waals surface area contributed by atoms with Gasteiger partial charge >= 0.3 is 0 Å². The Balaban J connectivity index is 1.72. The van der Waals surface area contributed by atoms with Crippen LogP contribution in [0.1, 0.15) is 36.6 Å². The number of nitrogens with one attached hydrogen (secondary N) is 1. The SMILES string of the molecule is O=C1C2CC=CCC2C2c3[nH]c4ccccc4c3CCCN12. The maximum absolute atomic E-state index is 12.8. The molecule has 5 rings (SSSR count). The van der Waals surface area contributed by atoms with Crippen LogP contribution in [-0.2, 0) is 11.2 Å². The Hall–Kier alpha value is -2.03. The Morgan fingerprint density at radius 3 is 2.95 bits per heavy atom. The van der Waals surface area contributed by atoms with Crippen LogP contribution in [0.5, 0.6) is 0 Å². The molecule has 0 saturated carbocycles. The summed E-state index contributed by atoms with van der Waals surface area (Å²) in [4.78, 5) is 18.7. The maximum atomic E-state index is 12.8. The number of nitrogens with zero attached hydrogens (tertiary/aromatic N) is 1. The van der Waals surface area contributed by atoms with Crippen molar-refractivity contribution < 1.29 is 4.79 Å². The van der Waals surface area contributed by atoms with Crippen LogP contribution < -0.4 is 0 Å². The highest BCUT2D eigenvalue weighted by molar-refractivity contribution is 5.87. The number of allylic oxidation sites excluding steroid dienone is 2. The first-order valence-electron chi connectivity index (χ1n) is 8.39. The molecule has 1 aliphatic carbocycles. The topological polar surface area (TPSA) is 36.1 Å². The summed E-state index contributed by atoms with van der Waals surface area (Å²) in [6, 6.07) is 8.83. The van der Waals surface area contributed by atoms with Crippen molar-refractivity contribution in [2.24, 2.45) is 11.8 Å². The zero-order chi connectivity index (χ0) is 14.7. The number of rotatable bonds is 0. The molecule has 0 radical (unpaired) electrons. The molecule has 3 heteroatoms. The first-order valence-corrected chi connectivity index (χ1v) is 8.39. The summed E-state index contributed by atoms with van der Waals surface area (Å²) in [5.41, 5.74) is 3.98. The molecule has 3 aliphatic rings. The number of carbonyl (C=O) groups excluding carboxylic acids is 1. The number of amides is 1. The van der Waals surface area contributed by atoms with Gasteiger partial charge in [-0.25, -0.2) is 0 Å². The van der Waals surface area contributed by atoms with Gasteiger partial charge in [-0.05, 0) is 37.3 Å². The highest BCUT2D eigenvalue weighted by atomic mass is 16.2. The average Bonchev–Trinajstić information content (AvgIpc) is 2.97. The van der Waals surface area contributed by atoms with Crippen molar-refractivity contribution in [3.8, 4) is 0 Å². The largest absolute Gasteiger partial charge is 0.356 e. The van der Waals surface area contributed by atoms with Crippen molar-refractivity contribution in [3.05, 3.63) is 47.7 Å². The zero-order valence-electron chi connectivity index (χ0n) is 12.6. The van der Waals surface area contributed by atoms with E-state index in [2.05, 4.69) is 46.3 Å². The Kier molecular flexibility index (Phi) is 2.55. The molecule has 22 heavy (non-hydrogen) atoms. The van der Waals surface area contributed by atoms with Gasteiger partial charge in [0.25, 0.3) is 0 Å². The van der Waals surface area contributed by atoms with E-state index in [-0.39, 0.29) is 12.0 Å². The molecule has 1 aromatic carbocycles. The Morgan fingerprint density at radius 1 is 1.14 bits per heavy atom. The van der Waals surface area contributed by atoms with Crippen molar-refractivity contribution in [3.63, 3.8) is 0 Å². The van der Waals surface area contributed by atoms with Crippen LogP contribution in [0.4, 0.5) is 0 Å². The summed E-state index contributed by atoms with van der Waals surface area (Å²) >= 11 is 0. The molecule has 1 N–H and O–H groups in total. The van der Waals surface area contributed by atoms with E-state index in [1.165, 1.54) is 22.2 Å². The molecule has 3 heterocycles. The van der Waals surface area contributed by atoms with Gasteiger partial charge in [-0.1, -0.05) is 30.4 Å². The number of hydrogen-bond acceptors (Lipinski definition) is 1. The van der Waals surface area contributed by atoms with E-state index >= 15 is 0 Å². The van der Waals surface area contributed by atoms with Gasteiger partial charge in [-0.2, -0.15) is 0 Å². The number of aromatic amines is 1. The lowest BCUT2D eigenvalue weighted by Crippen LogP contribution is -2.29. The van der Waals surface area contributed by atoms with Gasteiger partial charge < -0.3 is 9.88 Å². The Labute approximate surface area is 130 Å². The third-order valence-corrected chi connectivity index (χ3v) is 5.79. The van der Waals surface area contributed by atoms with Crippen LogP contribution in [0, 0.1) is 11.8 Å². The molecular weight excluding hydrogens is 272 g/mol. The van der Waals surface area contributed by atoms with Gasteiger partial charge in [0.2, 0.25) is 5.91 Å². The summed E-state index contributed by atoms with van der Waals surface area (Å²) < 4.78 is 0. The number of H-pyrrole nitrogens is 1. The molecular formula is C19H20N2O. The highest BCUT2D eigenvalue weighted by Gasteiger charge is 2.49. The van der Waals surface area contributed by atoms with Gasteiger partial charge in [0.05, 0.1) is 6.04 Å². The van der Waals surface area contributed by atoms with Gasteiger partial charge in [0.1, 0.15) is 0 Å². The molecule has 3 atom stereocenters. The second-order valence-corrected chi connectivity index (χ2v) is 6.86. The van der Waals surface area contributed by atoms with Crippen molar-refractivity contribution in [2.75, 3.05) is 6.54 Å². The Bertz CT molecular complexity index is 788. The fourth-order valence-corrected chi connectivity index (χ4v) is 4.84.